The molecule has 0 aliphatic carbocycles. The van der Waals surface area contributed by atoms with E-state index in [9.17, 15) is 0 Å². The lowest BCUT2D eigenvalue weighted by Gasteiger charge is -2.21. The van der Waals surface area contributed by atoms with Crippen LogP contribution in [-0.2, 0) is 6.54 Å². The number of nitrogens with one attached hydrogen (secondary N) is 1. The Kier molecular flexibility index (Phi) is 8.14. The molecule has 0 aliphatic heterocycles. The van der Waals surface area contributed by atoms with Crippen LogP contribution in [0.2, 0.25) is 0 Å². The van der Waals surface area contributed by atoms with Crippen LogP contribution in [0.5, 0.6) is 5.75 Å². The summed E-state index contributed by atoms with van der Waals surface area (Å²) in [5, 5.41) is 8.57. The third-order valence-corrected chi connectivity index (χ3v) is 5.05. The highest BCUT2D eigenvalue weighted by molar-refractivity contribution is 7.99. The molecule has 1 aromatic rings. The van der Waals surface area contributed by atoms with Gasteiger partial charge in [0, 0.05) is 17.5 Å². The highest BCUT2D eigenvalue weighted by Crippen LogP contribution is 2.29. The van der Waals surface area contributed by atoms with Crippen molar-refractivity contribution in [3.05, 3.63) is 11.9 Å². The van der Waals surface area contributed by atoms with E-state index in [1.54, 1.807) is 7.11 Å². The molecule has 2 atom stereocenters. The van der Waals surface area contributed by atoms with Crippen LogP contribution in [0.4, 0.5) is 0 Å². The maximum atomic E-state index is 5.50. The van der Waals surface area contributed by atoms with Crippen LogP contribution in [0, 0.1) is 0 Å². The van der Waals surface area contributed by atoms with E-state index >= 15 is 0 Å². The van der Waals surface area contributed by atoms with Gasteiger partial charge in [-0.15, -0.1) is 0 Å². The quantitative estimate of drug-likeness (QED) is 0.717. The van der Waals surface area contributed by atoms with Gasteiger partial charge in [0.2, 0.25) is 0 Å². The number of thioether (sulfide) groups is 1. The van der Waals surface area contributed by atoms with Crippen LogP contribution in [0.1, 0.15) is 32.0 Å². The third kappa shape index (κ3) is 5.52. The second-order valence-electron chi connectivity index (χ2n) is 5.52. The van der Waals surface area contributed by atoms with E-state index in [2.05, 4.69) is 47.9 Å². The molecule has 2 unspecified atom stereocenters. The van der Waals surface area contributed by atoms with Crippen LogP contribution < -0.4 is 10.1 Å². The number of hydrogen-bond donors (Lipinski definition) is 1. The standard InChI is InChI=1S/C15H30N4OS/c1-7-12(2)21-11-13(16-3)15-14(20-6)10-17-19(15)9-8-18(4)5/h10,12-13,16H,7-9,11H2,1-6H3. The fourth-order valence-corrected chi connectivity index (χ4v) is 3.12. The van der Waals surface area contributed by atoms with Gasteiger partial charge in [-0.25, -0.2) is 0 Å². The summed E-state index contributed by atoms with van der Waals surface area (Å²) in [6.07, 6.45) is 3.02. The molecule has 1 rings (SSSR count). The first kappa shape index (κ1) is 18.3. The molecule has 0 radical (unpaired) electrons. The predicted octanol–water partition coefficient (Wildman–Crippen LogP) is 2.25. The Bertz CT molecular complexity index is 408. The molecule has 0 bridgehead atoms. The van der Waals surface area contributed by atoms with Gasteiger partial charge in [-0.3, -0.25) is 4.68 Å². The van der Waals surface area contributed by atoms with Gasteiger partial charge in [0.1, 0.15) is 0 Å². The Morgan fingerprint density at radius 2 is 2.19 bits per heavy atom. The van der Waals surface area contributed by atoms with Crippen molar-refractivity contribution in [2.24, 2.45) is 0 Å². The van der Waals surface area contributed by atoms with Gasteiger partial charge in [-0.1, -0.05) is 13.8 Å². The largest absolute Gasteiger partial charge is 0.493 e. The zero-order valence-corrected chi connectivity index (χ0v) is 15.0. The van der Waals surface area contributed by atoms with Crippen molar-refractivity contribution in [3.63, 3.8) is 0 Å². The summed E-state index contributed by atoms with van der Waals surface area (Å²) in [7, 11) is 7.87. The molecular formula is C15H30N4OS. The summed E-state index contributed by atoms with van der Waals surface area (Å²) in [5.41, 5.74) is 1.15. The molecule has 0 amide bonds. The number of methoxy groups -OCH3 is 1. The van der Waals surface area contributed by atoms with Crippen molar-refractivity contribution in [2.45, 2.75) is 38.1 Å². The average Bonchev–Trinajstić information content (AvgIpc) is 2.88. The number of hydrogen-bond acceptors (Lipinski definition) is 5. The third-order valence-electron chi connectivity index (χ3n) is 3.62. The van der Waals surface area contributed by atoms with Gasteiger partial charge in [0.15, 0.2) is 5.75 Å². The molecule has 1 aromatic heterocycles. The molecule has 122 valence electrons. The van der Waals surface area contributed by atoms with Crippen molar-refractivity contribution in [2.75, 3.05) is 40.6 Å². The van der Waals surface area contributed by atoms with E-state index in [-0.39, 0.29) is 6.04 Å². The zero-order valence-electron chi connectivity index (χ0n) is 14.2. The van der Waals surface area contributed by atoms with Crippen LogP contribution in [0.15, 0.2) is 6.20 Å². The normalized spacial score (nSPS) is 14.4. The van der Waals surface area contributed by atoms with E-state index in [1.807, 2.05) is 25.0 Å². The fraction of sp³-hybridized carbons (Fsp3) is 0.800. The molecule has 0 spiro atoms. The minimum atomic E-state index is 0.253. The second kappa shape index (κ2) is 9.33. The predicted molar refractivity (Wildman–Crippen MR) is 91.3 cm³/mol. The summed E-state index contributed by atoms with van der Waals surface area (Å²) in [6, 6.07) is 0.253. The molecule has 6 heteroatoms. The molecule has 21 heavy (non-hydrogen) atoms. The van der Waals surface area contributed by atoms with E-state index < -0.39 is 0 Å². The van der Waals surface area contributed by atoms with Crippen molar-refractivity contribution in [1.82, 2.24) is 20.0 Å². The summed E-state index contributed by atoms with van der Waals surface area (Å²) >= 11 is 1.99. The summed E-state index contributed by atoms with van der Waals surface area (Å²) in [5.74, 6) is 1.90. The summed E-state index contributed by atoms with van der Waals surface area (Å²) in [6.45, 7) is 6.34. The lowest BCUT2D eigenvalue weighted by atomic mass is 10.2. The number of ether oxygens (including phenoxy) is 1. The monoisotopic (exact) mass is 314 g/mol. The lowest BCUT2D eigenvalue weighted by Crippen LogP contribution is -2.26. The van der Waals surface area contributed by atoms with Crippen LogP contribution in [-0.4, -0.2) is 60.5 Å². The van der Waals surface area contributed by atoms with Crippen molar-refractivity contribution >= 4 is 11.8 Å². The Balaban J connectivity index is 2.86. The van der Waals surface area contributed by atoms with Crippen molar-refractivity contribution in [3.8, 4) is 5.75 Å². The number of nitrogens with zero attached hydrogens (tertiary/aromatic N) is 3. The first-order chi connectivity index (χ1) is 10.0. The van der Waals surface area contributed by atoms with Crippen LogP contribution >= 0.6 is 11.8 Å². The smallest absolute Gasteiger partial charge is 0.161 e. The SMILES string of the molecule is CCC(C)SCC(NC)c1c(OC)cnn1CCN(C)C. The van der Waals surface area contributed by atoms with Crippen molar-refractivity contribution in [1.29, 1.82) is 0 Å². The van der Waals surface area contributed by atoms with Gasteiger partial charge < -0.3 is 15.0 Å². The minimum Gasteiger partial charge on any atom is -0.493 e. The highest BCUT2D eigenvalue weighted by atomic mass is 32.2. The van der Waals surface area contributed by atoms with E-state index in [1.165, 1.54) is 6.42 Å². The highest BCUT2D eigenvalue weighted by Gasteiger charge is 2.21. The van der Waals surface area contributed by atoms with E-state index in [0.29, 0.717) is 5.25 Å². The van der Waals surface area contributed by atoms with E-state index in [4.69, 9.17) is 4.74 Å². The molecule has 0 aromatic carbocycles. The second-order valence-corrected chi connectivity index (χ2v) is 6.99. The Morgan fingerprint density at radius 3 is 2.71 bits per heavy atom. The molecular weight excluding hydrogens is 284 g/mol. The van der Waals surface area contributed by atoms with Gasteiger partial charge >= 0.3 is 0 Å². The Morgan fingerprint density at radius 1 is 1.48 bits per heavy atom. The average molecular weight is 314 g/mol. The maximum absolute atomic E-state index is 5.50. The molecule has 0 saturated heterocycles. The van der Waals surface area contributed by atoms with Gasteiger partial charge in [0.05, 0.1) is 31.6 Å². The Labute approximate surface area is 133 Å². The number of likely N-dealkylation sites (N-methyl/N-ethyl adjacent to an activating group) is 1. The topological polar surface area (TPSA) is 42.3 Å². The summed E-state index contributed by atoms with van der Waals surface area (Å²) in [4.78, 5) is 2.17. The van der Waals surface area contributed by atoms with Gasteiger partial charge in [-0.2, -0.15) is 16.9 Å². The van der Waals surface area contributed by atoms with Gasteiger partial charge in [0.25, 0.3) is 0 Å². The maximum Gasteiger partial charge on any atom is 0.161 e. The number of rotatable bonds is 10. The Hall–Kier alpha value is -0.720. The first-order valence-corrected chi connectivity index (χ1v) is 8.61. The fourth-order valence-electron chi connectivity index (χ4n) is 2.04. The van der Waals surface area contributed by atoms with Crippen molar-refractivity contribution < 1.29 is 4.74 Å². The van der Waals surface area contributed by atoms with Crippen LogP contribution in [0.25, 0.3) is 0 Å². The molecule has 1 heterocycles. The number of aromatic nitrogens is 2. The first-order valence-electron chi connectivity index (χ1n) is 7.56. The van der Waals surface area contributed by atoms with E-state index in [0.717, 1.165) is 30.3 Å². The molecule has 0 aliphatic rings. The molecule has 0 fully saturated rings. The van der Waals surface area contributed by atoms with Crippen LogP contribution in [0.3, 0.4) is 0 Å². The molecule has 0 saturated carbocycles. The minimum absolute atomic E-state index is 0.253. The van der Waals surface area contributed by atoms with Gasteiger partial charge in [-0.05, 0) is 27.6 Å². The summed E-state index contributed by atoms with van der Waals surface area (Å²) < 4.78 is 7.57. The lowest BCUT2D eigenvalue weighted by molar-refractivity contribution is 0.359. The molecule has 5 nitrogen and oxygen atoms in total. The zero-order chi connectivity index (χ0) is 15.8. The molecule has 1 N–H and O–H groups in total.